The second-order valence-electron chi connectivity index (χ2n) is 11.3. The lowest BCUT2D eigenvalue weighted by Gasteiger charge is -2.40. The minimum atomic E-state index is -0.618. The summed E-state index contributed by atoms with van der Waals surface area (Å²) in [7, 11) is 0. The van der Waals surface area contributed by atoms with E-state index in [2.05, 4.69) is 24.1 Å². The Morgan fingerprint density at radius 1 is 1.05 bits per heavy atom. The molecule has 40 heavy (non-hydrogen) atoms. The van der Waals surface area contributed by atoms with E-state index in [1.54, 1.807) is 23.1 Å². The van der Waals surface area contributed by atoms with Crippen molar-refractivity contribution in [2.45, 2.75) is 64.7 Å². The number of rotatable bonds is 10. The Bertz CT molecular complexity index is 1190. The summed E-state index contributed by atoms with van der Waals surface area (Å²) < 4.78 is 14.4. The van der Waals surface area contributed by atoms with E-state index < -0.39 is 6.04 Å². The molecule has 2 aliphatic heterocycles. The van der Waals surface area contributed by atoms with Crippen molar-refractivity contribution >= 4 is 40.7 Å². The largest absolute Gasteiger partial charge is 0.368 e. The van der Waals surface area contributed by atoms with E-state index in [1.807, 2.05) is 24.0 Å². The number of carbonyl (C=O) groups is 2. The number of nitrogens with one attached hydrogen (secondary N) is 1. The third kappa shape index (κ3) is 7.46. The van der Waals surface area contributed by atoms with E-state index in [0.717, 1.165) is 29.7 Å². The van der Waals surface area contributed by atoms with Crippen LogP contribution in [0.5, 0.6) is 0 Å². The van der Waals surface area contributed by atoms with Gasteiger partial charge in [0.05, 0.1) is 6.17 Å². The van der Waals surface area contributed by atoms with Gasteiger partial charge in [-0.05, 0) is 67.1 Å². The Labute approximate surface area is 246 Å². The van der Waals surface area contributed by atoms with Gasteiger partial charge in [0.2, 0.25) is 11.8 Å². The van der Waals surface area contributed by atoms with E-state index in [1.165, 1.54) is 6.07 Å². The van der Waals surface area contributed by atoms with Gasteiger partial charge in [-0.3, -0.25) is 14.9 Å². The molecule has 0 spiro atoms. The average Bonchev–Trinajstić information content (AvgIpc) is 3.32. The number of benzene rings is 2. The molecule has 0 aromatic heterocycles. The first-order chi connectivity index (χ1) is 19.0. The molecule has 3 N–H and O–H groups in total. The topological polar surface area (TPSA) is 81.9 Å². The molecule has 0 saturated carbocycles. The molecule has 10 heteroatoms. The summed E-state index contributed by atoms with van der Waals surface area (Å²) in [4.78, 5) is 32.3. The first-order valence-electron chi connectivity index (χ1n) is 14.1. The molecule has 3 atom stereocenters. The van der Waals surface area contributed by atoms with Crippen LogP contribution in [0, 0.1) is 11.7 Å². The van der Waals surface area contributed by atoms with Gasteiger partial charge in [-0.1, -0.05) is 43.1 Å². The van der Waals surface area contributed by atoms with E-state index in [4.69, 9.17) is 28.9 Å². The zero-order valence-corrected chi connectivity index (χ0v) is 25.0. The minimum absolute atomic E-state index is 0.00384. The number of anilines is 1. The van der Waals surface area contributed by atoms with Crippen LogP contribution >= 0.6 is 23.2 Å². The van der Waals surface area contributed by atoms with Crippen molar-refractivity contribution in [2.75, 3.05) is 37.6 Å². The fourth-order valence-electron chi connectivity index (χ4n) is 5.77. The van der Waals surface area contributed by atoms with Gasteiger partial charge >= 0.3 is 0 Å². The number of halogens is 3. The molecular formula is C30H40Cl2FN5O2. The molecule has 2 amide bonds. The zero-order valence-electron chi connectivity index (χ0n) is 23.5. The summed E-state index contributed by atoms with van der Waals surface area (Å²) in [6, 6.07) is 9.43. The molecule has 2 aromatic carbocycles. The average molecular weight is 593 g/mol. The van der Waals surface area contributed by atoms with Gasteiger partial charge in [0.15, 0.2) is 0 Å². The number of hydrogen-bond donors (Lipinski definition) is 2. The van der Waals surface area contributed by atoms with Crippen molar-refractivity contribution in [1.29, 1.82) is 0 Å². The second kappa shape index (κ2) is 13.5. The monoisotopic (exact) mass is 591 g/mol. The maximum Gasteiger partial charge on any atom is 0.245 e. The van der Waals surface area contributed by atoms with Crippen LogP contribution < -0.4 is 16.0 Å². The Hall–Kier alpha value is -2.39. The Morgan fingerprint density at radius 3 is 2.38 bits per heavy atom. The van der Waals surface area contributed by atoms with Crippen LogP contribution in [0.2, 0.25) is 10.0 Å². The first-order valence-corrected chi connectivity index (χ1v) is 14.9. The van der Waals surface area contributed by atoms with Crippen molar-refractivity contribution in [3.63, 3.8) is 0 Å². The number of nitrogens with zero attached hydrogens (tertiary/aromatic N) is 3. The van der Waals surface area contributed by atoms with E-state index in [-0.39, 0.29) is 29.8 Å². The predicted molar refractivity (Wildman–Crippen MR) is 159 cm³/mol. The van der Waals surface area contributed by atoms with Crippen LogP contribution in [-0.2, 0) is 16.0 Å². The Balaban J connectivity index is 1.52. The molecule has 0 radical (unpaired) electrons. The summed E-state index contributed by atoms with van der Waals surface area (Å²) in [5.41, 5.74) is 8.70. The lowest BCUT2D eigenvalue weighted by atomic mass is 9.94. The molecule has 4 rings (SSSR count). The Kier molecular flexibility index (Phi) is 10.3. The van der Waals surface area contributed by atoms with Crippen LogP contribution in [0.3, 0.4) is 0 Å². The highest BCUT2D eigenvalue weighted by atomic mass is 35.5. The summed E-state index contributed by atoms with van der Waals surface area (Å²) in [6.07, 6.45) is 2.10. The SMILES string of the molecule is CC(C)CC(NC(C)N)c1cc(F)ccc1N1CCN(C(=O)C(Cc2ccc(Cl)cc2Cl)N2CCCC2=O)CC1. The van der Waals surface area contributed by atoms with Crippen LogP contribution in [0.15, 0.2) is 36.4 Å². The van der Waals surface area contributed by atoms with Crippen molar-refractivity contribution in [1.82, 2.24) is 15.1 Å². The lowest BCUT2D eigenvalue weighted by Crippen LogP contribution is -2.56. The van der Waals surface area contributed by atoms with Crippen molar-refractivity contribution < 1.29 is 14.0 Å². The van der Waals surface area contributed by atoms with Crippen molar-refractivity contribution in [3.8, 4) is 0 Å². The molecule has 2 saturated heterocycles. The smallest absolute Gasteiger partial charge is 0.245 e. The van der Waals surface area contributed by atoms with Crippen LogP contribution in [0.25, 0.3) is 0 Å². The molecule has 7 nitrogen and oxygen atoms in total. The third-order valence-electron chi connectivity index (χ3n) is 7.67. The van der Waals surface area contributed by atoms with Crippen molar-refractivity contribution in [2.24, 2.45) is 11.7 Å². The van der Waals surface area contributed by atoms with E-state index in [9.17, 15) is 14.0 Å². The maximum atomic E-state index is 14.4. The lowest BCUT2D eigenvalue weighted by molar-refractivity contribution is -0.143. The van der Waals surface area contributed by atoms with E-state index >= 15 is 0 Å². The summed E-state index contributed by atoms with van der Waals surface area (Å²) in [5, 5.41) is 4.42. The fraction of sp³-hybridized carbons (Fsp3) is 0.533. The van der Waals surface area contributed by atoms with Crippen LogP contribution in [-0.4, -0.2) is 66.5 Å². The first kappa shape index (κ1) is 30.6. The second-order valence-corrected chi connectivity index (χ2v) is 12.1. The molecule has 2 aromatic rings. The summed E-state index contributed by atoms with van der Waals surface area (Å²) >= 11 is 12.5. The van der Waals surface area contributed by atoms with Gasteiger partial charge in [0.25, 0.3) is 0 Å². The van der Waals surface area contributed by atoms with Gasteiger partial charge in [-0.15, -0.1) is 0 Å². The van der Waals surface area contributed by atoms with Gasteiger partial charge in [0.1, 0.15) is 11.9 Å². The fourth-order valence-corrected chi connectivity index (χ4v) is 6.26. The number of amides is 2. The molecule has 2 heterocycles. The number of likely N-dealkylation sites (tertiary alicyclic amines) is 1. The zero-order chi connectivity index (χ0) is 29.0. The molecule has 218 valence electrons. The molecule has 0 bridgehead atoms. The minimum Gasteiger partial charge on any atom is -0.368 e. The quantitative estimate of drug-likeness (QED) is 0.380. The maximum absolute atomic E-state index is 14.4. The van der Waals surface area contributed by atoms with Gasteiger partial charge in [-0.25, -0.2) is 4.39 Å². The number of nitrogens with two attached hydrogens (primary N) is 1. The van der Waals surface area contributed by atoms with Gasteiger partial charge in [0, 0.05) is 67.3 Å². The molecular weight excluding hydrogens is 552 g/mol. The van der Waals surface area contributed by atoms with Gasteiger partial charge in [-0.2, -0.15) is 0 Å². The Morgan fingerprint density at radius 2 is 1.77 bits per heavy atom. The van der Waals surface area contributed by atoms with E-state index in [0.29, 0.717) is 61.5 Å². The van der Waals surface area contributed by atoms with Gasteiger partial charge < -0.3 is 20.4 Å². The molecule has 0 aliphatic carbocycles. The summed E-state index contributed by atoms with van der Waals surface area (Å²) in [5.74, 6) is 0.0281. The predicted octanol–water partition coefficient (Wildman–Crippen LogP) is 5.00. The number of carbonyl (C=O) groups excluding carboxylic acids is 2. The highest BCUT2D eigenvalue weighted by Gasteiger charge is 2.37. The molecule has 2 aliphatic rings. The standard InChI is InChI=1S/C30H40Cl2FN5O2/c1-19(2)15-26(35-20(3)34)24-18-23(33)8-9-27(24)36-11-13-37(14-12-36)30(40)28(38-10-4-5-29(38)39)16-21-6-7-22(31)17-25(21)32/h6-9,17-20,26,28,35H,4-5,10-16,34H2,1-3H3. The highest BCUT2D eigenvalue weighted by Crippen LogP contribution is 2.33. The van der Waals surface area contributed by atoms with Crippen LogP contribution in [0.4, 0.5) is 10.1 Å². The highest BCUT2D eigenvalue weighted by molar-refractivity contribution is 6.35. The third-order valence-corrected chi connectivity index (χ3v) is 8.25. The number of hydrogen-bond acceptors (Lipinski definition) is 5. The van der Waals surface area contributed by atoms with Crippen molar-refractivity contribution in [3.05, 3.63) is 63.4 Å². The number of piperazine rings is 1. The molecule has 3 unspecified atom stereocenters. The molecule has 2 fully saturated rings. The summed E-state index contributed by atoms with van der Waals surface area (Å²) in [6.45, 7) is 8.91. The van der Waals surface area contributed by atoms with Crippen LogP contribution in [0.1, 0.15) is 57.2 Å². The normalized spacial score (nSPS) is 18.4.